The molecule has 1 aliphatic heterocycles. The average molecular weight is 199 g/mol. The lowest BCUT2D eigenvalue weighted by atomic mass is 9.95. The Labute approximate surface area is 86.4 Å². The lowest BCUT2D eigenvalue weighted by molar-refractivity contribution is -0.145. The number of hydrogen-bond donors (Lipinski definition) is 0. The van der Waals surface area contributed by atoms with Crippen LogP contribution in [0.3, 0.4) is 0 Å². The molecular formula is C11H21NO2. The predicted molar refractivity (Wildman–Crippen MR) is 56.1 cm³/mol. The van der Waals surface area contributed by atoms with Crippen LogP contribution in [0.4, 0.5) is 0 Å². The molecule has 0 bridgehead atoms. The topological polar surface area (TPSA) is 29.5 Å². The fraction of sp³-hybridized carbons (Fsp3) is 0.909. The lowest BCUT2D eigenvalue weighted by Gasteiger charge is -2.35. The Morgan fingerprint density at radius 2 is 2.14 bits per heavy atom. The molecule has 2 unspecified atom stereocenters. The molecule has 0 spiro atoms. The number of likely N-dealkylation sites (tertiary alicyclic amines) is 1. The molecule has 0 aromatic rings. The van der Waals surface area contributed by atoms with Gasteiger partial charge in [0.25, 0.3) is 0 Å². The lowest BCUT2D eigenvalue weighted by Crippen LogP contribution is -2.44. The minimum Gasteiger partial charge on any atom is -0.465 e. The number of ether oxygens (including phenoxy) is 1. The Hall–Kier alpha value is -0.570. The molecule has 0 radical (unpaired) electrons. The minimum atomic E-state index is -0.0894. The van der Waals surface area contributed by atoms with E-state index in [0.29, 0.717) is 25.1 Å². The molecule has 0 aromatic carbocycles. The third-order valence-corrected chi connectivity index (χ3v) is 2.88. The number of nitrogens with zero attached hydrogens (tertiary/aromatic N) is 1. The summed E-state index contributed by atoms with van der Waals surface area (Å²) in [5.41, 5.74) is 0. The van der Waals surface area contributed by atoms with Crippen LogP contribution in [-0.4, -0.2) is 36.6 Å². The Bertz CT molecular complexity index is 194. The van der Waals surface area contributed by atoms with Gasteiger partial charge in [-0.15, -0.1) is 0 Å². The predicted octanol–water partition coefficient (Wildman–Crippen LogP) is 1.67. The second kappa shape index (κ2) is 5.35. The monoisotopic (exact) mass is 199 g/mol. The van der Waals surface area contributed by atoms with Gasteiger partial charge in [-0.05, 0) is 32.6 Å². The molecule has 0 amide bonds. The third kappa shape index (κ3) is 3.29. The molecular weight excluding hydrogens is 178 g/mol. The van der Waals surface area contributed by atoms with Gasteiger partial charge in [0.05, 0.1) is 13.2 Å². The first-order valence-corrected chi connectivity index (χ1v) is 5.53. The Morgan fingerprint density at radius 3 is 2.79 bits per heavy atom. The molecule has 1 heterocycles. The molecule has 1 fully saturated rings. The van der Waals surface area contributed by atoms with Gasteiger partial charge in [-0.2, -0.15) is 0 Å². The molecule has 3 heteroatoms. The summed E-state index contributed by atoms with van der Waals surface area (Å²) in [6.45, 7) is 8.24. The summed E-state index contributed by atoms with van der Waals surface area (Å²) in [7, 11) is 0. The highest BCUT2D eigenvalue weighted by atomic mass is 16.5. The summed E-state index contributed by atoms with van der Waals surface area (Å²) < 4.78 is 4.95. The standard InChI is InChI=1S/C11H21NO2/c1-4-14-11(13)8-12-7-9(2)5-6-10(12)3/h9-10H,4-8H2,1-3H3. The number of rotatable bonds is 3. The number of carbonyl (C=O) groups excluding carboxylic acids is 1. The van der Waals surface area contributed by atoms with Gasteiger partial charge in [0.1, 0.15) is 0 Å². The van der Waals surface area contributed by atoms with Gasteiger partial charge in [0.2, 0.25) is 0 Å². The molecule has 3 nitrogen and oxygen atoms in total. The van der Waals surface area contributed by atoms with E-state index in [2.05, 4.69) is 18.7 Å². The van der Waals surface area contributed by atoms with Crippen molar-refractivity contribution in [3.63, 3.8) is 0 Å². The van der Waals surface area contributed by atoms with Gasteiger partial charge in [-0.3, -0.25) is 9.69 Å². The number of esters is 1. The maximum absolute atomic E-state index is 11.3. The molecule has 2 atom stereocenters. The fourth-order valence-electron chi connectivity index (χ4n) is 1.97. The van der Waals surface area contributed by atoms with Gasteiger partial charge in [-0.25, -0.2) is 0 Å². The quantitative estimate of drug-likeness (QED) is 0.648. The fourth-order valence-corrected chi connectivity index (χ4v) is 1.97. The molecule has 0 aromatic heterocycles. The average Bonchev–Trinajstić information content (AvgIpc) is 2.12. The zero-order valence-electron chi connectivity index (χ0n) is 9.45. The summed E-state index contributed by atoms with van der Waals surface area (Å²) in [5.74, 6) is 0.620. The van der Waals surface area contributed by atoms with E-state index in [1.165, 1.54) is 12.8 Å². The van der Waals surface area contributed by atoms with Crippen LogP contribution in [0.2, 0.25) is 0 Å². The van der Waals surface area contributed by atoms with E-state index in [1.54, 1.807) is 0 Å². The van der Waals surface area contributed by atoms with E-state index in [-0.39, 0.29) is 5.97 Å². The molecule has 0 N–H and O–H groups in total. The first-order chi connectivity index (χ1) is 6.63. The molecule has 1 rings (SSSR count). The molecule has 82 valence electrons. The SMILES string of the molecule is CCOC(=O)CN1CC(C)CCC1C. The van der Waals surface area contributed by atoms with Gasteiger partial charge in [0.15, 0.2) is 0 Å². The normalized spacial score (nSPS) is 28.8. The van der Waals surface area contributed by atoms with Crippen molar-refractivity contribution < 1.29 is 9.53 Å². The van der Waals surface area contributed by atoms with Crippen molar-refractivity contribution in [3.05, 3.63) is 0 Å². The van der Waals surface area contributed by atoms with Crippen LogP contribution < -0.4 is 0 Å². The molecule has 1 saturated heterocycles. The number of piperidine rings is 1. The van der Waals surface area contributed by atoms with E-state index in [9.17, 15) is 4.79 Å². The zero-order valence-corrected chi connectivity index (χ0v) is 9.45. The van der Waals surface area contributed by atoms with E-state index in [0.717, 1.165) is 6.54 Å². The van der Waals surface area contributed by atoms with Crippen LogP contribution >= 0.6 is 0 Å². The van der Waals surface area contributed by atoms with Crippen molar-refractivity contribution in [1.29, 1.82) is 0 Å². The Kier molecular flexibility index (Phi) is 4.39. The Balaban J connectivity index is 2.37. The van der Waals surface area contributed by atoms with E-state index >= 15 is 0 Å². The summed E-state index contributed by atoms with van der Waals surface area (Å²) in [6.07, 6.45) is 2.47. The highest BCUT2D eigenvalue weighted by molar-refractivity contribution is 5.71. The van der Waals surface area contributed by atoms with Crippen LogP contribution in [0.1, 0.15) is 33.6 Å². The summed E-state index contributed by atoms with van der Waals surface area (Å²) in [6, 6.07) is 0.524. The number of carbonyl (C=O) groups is 1. The molecule has 14 heavy (non-hydrogen) atoms. The molecule has 1 aliphatic rings. The van der Waals surface area contributed by atoms with E-state index < -0.39 is 0 Å². The van der Waals surface area contributed by atoms with Crippen LogP contribution in [0.15, 0.2) is 0 Å². The van der Waals surface area contributed by atoms with Crippen molar-refractivity contribution in [2.45, 2.75) is 39.7 Å². The van der Waals surface area contributed by atoms with E-state index in [1.807, 2.05) is 6.92 Å². The van der Waals surface area contributed by atoms with E-state index in [4.69, 9.17) is 4.74 Å². The summed E-state index contributed by atoms with van der Waals surface area (Å²) >= 11 is 0. The largest absolute Gasteiger partial charge is 0.465 e. The first kappa shape index (κ1) is 11.5. The second-order valence-electron chi connectivity index (χ2n) is 4.27. The third-order valence-electron chi connectivity index (χ3n) is 2.88. The smallest absolute Gasteiger partial charge is 0.320 e. The van der Waals surface area contributed by atoms with Gasteiger partial charge in [0, 0.05) is 12.6 Å². The van der Waals surface area contributed by atoms with Crippen LogP contribution in [-0.2, 0) is 9.53 Å². The number of hydrogen-bond acceptors (Lipinski definition) is 3. The molecule has 0 aliphatic carbocycles. The van der Waals surface area contributed by atoms with Crippen molar-refractivity contribution in [1.82, 2.24) is 4.90 Å². The zero-order chi connectivity index (χ0) is 10.6. The van der Waals surface area contributed by atoms with Crippen molar-refractivity contribution in [2.24, 2.45) is 5.92 Å². The maximum Gasteiger partial charge on any atom is 0.320 e. The van der Waals surface area contributed by atoms with Gasteiger partial charge in [-0.1, -0.05) is 6.92 Å². The van der Waals surface area contributed by atoms with Gasteiger partial charge < -0.3 is 4.74 Å². The highest BCUT2D eigenvalue weighted by Gasteiger charge is 2.24. The van der Waals surface area contributed by atoms with Crippen molar-refractivity contribution in [3.8, 4) is 0 Å². The molecule has 0 saturated carbocycles. The minimum absolute atomic E-state index is 0.0894. The van der Waals surface area contributed by atoms with Crippen molar-refractivity contribution >= 4 is 5.97 Å². The highest BCUT2D eigenvalue weighted by Crippen LogP contribution is 2.20. The first-order valence-electron chi connectivity index (χ1n) is 5.53. The van der Waals surface area contributed by atoms with Crippen LogP contribution in [0.5, 0.6) is 0 Å². The summed E-state index contributed by atoms with van der Waals surface area (Å²) in [5, 5.41) is 0. The van der Waals surface area contributed by atoms with Crippen molar-refractivity contribution in [2.75, 3.05) is 19.7 Å². The van der Waals surface area contributed by atoms with Gasteiger partial charge >= 0.3 is 5.97 Å². The Morgan fingerprint density at radius 1 is 1.43 bits per heavy atom. The second-order valence-corrected chi connectivity index (χ2v) is 4.27. The summed E-state index contributed by atoms with van der Waals surface area (Å²) in [4.78, 5) is 13.5. The maximum atomic E-state index is 11.3. The van der Waals surface area contributed by atoms with Crippen LogP contribution in [0.25, 0.3) is 0 Å². The van der Waals surface area contributed by atoms with Crippen LogP contribution in [0, 0.1) is 5.92 Å².